The van der Waals surface area contributed by atoms with Gasteiger partial charge in [-0.1, -0.05) is 12.1 Å². The van der Waals surface area contributed by atoms with E-state index in [4.69, 9.17) is 14.2 Å². The first-order valence-electron chi connectivity index (χ1n) is 8.68. The van der Waals surface area contributed by atoms with Crippen molar-refractivity contribution in [3.63, 3.8) is 0 Å². The van der Waals surface area contributed by atoms with E-state index in [2.05, 4.69) is 5.32 Å². The predicted octanol–water partition coefficient (Wildman–Crippen LogP) is 3.96. The molecule has 6 heteroatoms. The van der Waals surface area contributed by atoms with Crippen molar-refractivity contribution in [2.24, 2.45) is 0 Å². The summed E-state index contributed by atoms with van der Waals surface area (Å²) < 4.78 is 16.4. The normalized spacial score (nSPS) is 15.4. The quantitative estimate of drug-likeness (QED) is 0.631. The zero-order chi connectivity index (χ0) is 20.1. The van der Waals surface area contributed by atoms with Crippen molar-refractivity contribution in [1.82, 2.24) is 0 Å². The Kier molecular flexibility index (Phi) is 5.66. The van der Waals surface area contributed by atoms with Gasteiger partial charge in [-0.3, -0.25) is 4.79 Å². The molecule has 0 bridgehead atoms. The van der Waals surface area contributed by atoms with Crippen molar-refractivity contribution in [1.29, 1.82) is 5.26 Å². The van der Waals surface area contributed by atoms with Crippen molar-refractivity contribution < 1.29 is 19.0 Å². The fourth-order valence-corrected chi connectivity index (χ4v) is 2.82. The number of carbonyl (C=O) groups is 1. The lowest BCUT2D eigenvalue weighted by atomic mass is 10.00. The van der Waals surface area contributed by atoms with Crippen LogP contribution in [0.15, 0.2) is 59.7 Å². The van der Waals surface area contributed by atoms with Crippen LogP contribution in [0.5, 0.6) is 17.2 Å². The summed E-state index contributed by atoms with van der Waals surface area (Å²) in [6.45, 7) is 1.86. The van der Waals surface area contributed by atoms with Crippen LogP contribution in [-0.2, 0) is 4.79 Å². The maximum absolute atomic E-state index is 12.5. The summed E-state index contributed by atoms with van der Waals surface area (Å²) in [4.78, 5) is 12.5. The van der Waals surface area contributed by atoms with Gasteiger partial charge in [0.05, 0.1) is 14.2 Å². The molecule has 28 heavy (non-hydrogen) atoms. The SMILES string of the molecule is COc1ccc(NC(=O)C(C#N)=CC2=Cc3cccc(OC)c3OC2C)cc1. The molecule has 1 amide bonds. The van der Waals surface area contributed by atoms with Gasteiger partial charge in [0.25, 0.3) is 5.91 Å². The molecule has 0 aliphatic carbocycles. The Labute approximate surface area is 163 Å². The van der Waals surface area contributed by atoms with Crippen LogP contribution in [0.25, 0.3) is 6.08 Å². The van der Waals surface area contributed by atoms with E-state index in [0.29, 0.717) is 22.9 Å². The van der Waals surface area contributed by atoms with Crippen molar-refractivity contribution in [2.45, 2.75) is 13.0 Å². The van der Waals surface area contributed by atoms with E-state index in [0.717, 1.165) is 11.1 Å². The van der Waals surface area contributed by atoms with Crippen molar-refractivity contribution in [3.8, 4) is 23.3 Å². The largest absolute Gasteiger partial charge is 0.497 e. The Morgan fingerprint density at radius 3 is 2.57 bits per heavy atom. The Hall–Kier alpha value is -3.72. The number of nitrogens with zero attached hydrogens (tertiary/aromatic N) is 1. The lowest BCUT2D eigenvalue weighted by molar-refractivity contribution is -0.112. The lowest BCUT2D eigenvalue weighted by Gasteiger charge is -2.24. The number of benzene rings is 2. The van der Waals surface area contributed by atoms with Gasteiger partial charge in [-0.2, -0.15) is 5.26 Å². The molecular weight excluding hydrogens is 356 g/mol. The molecule has 0 saturated heterocycles. The third kappa shape index (κ3) is 3.99. The second-order valence-corrected chi connectivity index (χ2v) is 6.14. The molecule has 1 atom stereocenters. The van der Waals surface area contributed by atoms with Crippen LogP contribution in [0.1, 0.15) is 12.5 Å². The number of nitrogens with one attached hydrogen (secondary N) is 1. The summed E-state index contributed by atoms with van der Waals surface area (Å²) in [5, 5.41) is 12.2. The first-order chi connectivity index (χ1) is 13.5. The number of hydrogen-bond acceptors (Lipinski definition) is 5. The highest BCUT2D eigenvalue weighted by Crippen LogP contribution is 2.38. The number of hydrogen-bond donors (Lipinski definition) is 1. The van der Waals surface area contributed by atoms with Crippen molar-refractivity contribution in [3.05, 3.63) is 65.3 Å². The van der Waals surface area contributed by atoms with E-state index in [1.165, 1.54) is 0 Å². The third-order valence-corrected chi connectivity index (χ3v) is 4.34. The fraction of sp³-hybridized carbons (Fsp3) is 0.182. The second kappa shape index (κ2) is 8.31. The number of carbonyl (C=O) groups excluding carboxylic acids is 1. The zero-order valence-corrected chi connectivity index (χ0v) is 15.9. The Morgan fingerprint density at radius 1 is 1.18 bits per heavy atom. The molecule has 6 nitrogen and oxygen atoms in total. The van der Waals surface area contributed by atoms with Crippen LogP contribution in [0.2, 0.25) is 0 Å². The number of para-hydroxylation sites is 1. The molecule has 0 spiro atoms. The van der Waals surface area contributed by atoms with Crippen LogP contribution in [0, 0.1) is 11.3 Å². The lowest BCUT2D eigenvalue weighted by Crippen LogP contribution is -2.20. The summed E-state index contributed by atoms with van der Waals surface area (Å²) in [6, 6.07) is 14.4. The number of anilines is 1. The smallest absolute Gasteiger partial charge is 0.266 e. The first kappa shape index (κ1) is 19.1. The standard InChI is InChI=1S/C22H20N2O4/c1-14-16(11-15-5-4-6-20(27-3)21(15)28-14)12-17(13-23)22(25)24-18-7-9-19(26-2)10-8-18/h4-12,14H,1-3H3,(H,24,25). The minimum atomic E-state index is -0.489. The van der Waals surface area contributed by atoms with E-state index in [1.54, 1.807) is 44.6 Å². The Morgan fingerprint density at radius 2 is 1.93 bits per heavy atom. The van der Waals surface area contributed by atoms with Crippen molar-refractivity contribution >= 4 is 17.7 Å². The number of nitriles is 1. The van der Waals surface area contributed by atoms with Gasteiger partial charge in [0.1, 0.15) is 23.5 Å². The number of fused-ring (bicyclic) bond motifs is 1. The van der Waals surface area contributed by atoms with Crippen molar-refractivity contribution in [2.75, 3.05) is 19.5 Å². The van der Waals surface area contributed by atoms with E-state index < -0.39 is 5.91 Å². The first-order valence-corrected chi connectivity index (χ1v) is 8.68. The molecule has 142 valence electrons. The monoisotopic (exact) mass is 376 g/mol. The van der Waals surface area contributed by atoms with Gasteiger partial charge in [0, 0.05) is 11.3 Å². The molecule has 1 heterocycles. The molecule has 1 aliphatic heterocycles. The molecule has 2 aromatic rings. The molecule has 0 aromatic heterocycles. The molecule has 0 saturated carbocycles. The average molecular weight is 376 g/mol. The number of amides is 1. The summed E-state index contributed by atoms with van der Waals surface area (Å²) in [7, 11) is 3.15. The molecule has 3 rings (SSSR count). The van der Waals surface area contributed by atoms with E-state index in [-0.39, 0.29) is 11.7 Å². The highest BCUT2D eigenvalue weighted by molar-refractivity contribution is 6.07. The summed E-state index contributed by atoms with van der Waals surface area (Å²) in [5.41, 5.74) is 2.12. The highest BCUT2D eigenvalue weighted by Gasteiger charge is 2.22. The molecule has 0 fully saturated rings. The summed E-state index contributed by atoms with van der Waals surface area (Å²) >= 11 is 0. The number of rotatable bonds is 5. The van der Waals surface area contributed by atoms with Crippen LogP contribution in [-0.4, -0.2) is 26.2 Å². The van der Waals surface area contributed by atoms with Gasteiger partial charge < -0.3 is 19.5 Å². The molecule has 2 aromatic carbocycles. The minimum absolute atomic E-state index is 0.0103. The number of methoxy groups -OCH3 is 2. The molecule has 0 radical (unpaired) electrons. The van der Waals surface area contributed by atoms with Crippen LogP contribution in [0.3, 0.4) is 0 Å². The topological polar surface area (TPSA) is 80.6 Å². The van der Waals surface area contributed by atoms with Gasteiger partial charge in [-0.05, 0) is 55.0 Å². The summed E-state index contributed by atoms with van der Waals surface area (Å²) in [5.74, 6) is 1.48. The van der Waals surface area contributed by atoms with Gasteiger partial charge in [-0.25, -0.2) is 0 Å². The van der Waals surface area contributed by atoms with E-state index in [1.807, 2.05) is 37.3 Å². The zero-order valence-electron chi connectivity index (χ0n) is 15.9. The Bertz CT molecular complexity index is 985. The maximum atomic E-state index is 12.5. The second-order valence-electron chi connectivity index (χ2n) is 6.14. The van der Waals surface area contributed by atoms with Crippen LogP contribution < -0.4 is 19.5 Å². The minimum Gasteiger partial charge on any atom is -0.497 e. The molecule has 1 unspecified atom stereocenters. The molecule has 1 aliphatic rings. The maximum Gasteiger partial charge on any atom is 0.266 e. The van der Waals surface area contributed by atoms with E-state index >= 15 is 0 Å². The van der Waals surface area contributed by atoms with Gasteiger partial charge in [0.2, 0.25) is 0 Å². The van der Waals surface area contributed by atoms with Crippen LogP contribution in [0.4, 0.5) is 5.69 Å². The predicted molar refractivity (Wildman–Crippen MR) is 106 cm³/mol. The van der Waals surface area contributed by atoms with Gasteiger partial charge in [0.15, 0.2) is 11.5 Å². The average Bonchev–Trinajstić information content (AvgIpc) is 2.72. The van der Waals surface area contributed by atoms with Gasteiger partial charge in [-0.15, -0.1) is 0 Å². The highest BCUT2D eigenvalue weighted by atomic mass is 16.5. The molecule has 1 N–H and O–H groups in total. The van der Waals surface area contributed by atoms with Crippen LogP contribution >= 0.6 is 0 Å². The Balaban J connectivity index is 1.85. The third-order valence-electron chi connectivity index (χ3n) is 4.34. The number of ether oxygens (including phenoxy) is 3. The summed E-state index contributed by atoms with van der Waals surface area (Å²) in [6.07, 6.45) is 3.11. The van der Waals surface area contributed by atoms with E-state index in [9.17, 15) is 10.1 Å². The van der Waals surface area contributed by atoms with Gasteiger partial charge >= 0.3 is 0 Å². The fourth-order valence-electron chi connectivity index (χ4n) is 2.82. The molecular formula is C22H20N2O4.